The molecule has 0 saturated carbocycles. The van der Waals surface area contributed by atoms with Crippen molar-refractivity contribution in [3.8, 4) is 0 Å². The molecule has 0 atom stereocenters. The monoisotopic (exact) mass is 200 g/mol. The van der Waals surface area contributed by atoms with Gasteiger partial charge in [0.25, 0.3) is 0 Å². The van der Waals surface area contributed by atoms with Crippen LogP contribution in [0.2, 0.25) is 5.02 Å². The molecule has 0 fully saturated rings. The van der Waals surface area contributed by atoms with Crippen LogP contribution >= 0.6 is 24.2 Å². The van der Waals surface area contributed by atoms with E-state index in [1.807, 2.05) is 12.1 Å². The van der Waals surface area contributed by atoms with E-state index in [1.54, 1.807) is 0 Å². The predicted octanol–water partition coefficient (Wildman–Crippen LogP) is 3.51. The van der Waals surface area contributed by atoms with E-state index in [-0.39, 0.29) is 0 Å². The number of rotatable bonds is 3. The Balaban J connectivity index is 2.81. The highest BCUT2D eigenvalue weighted by molar-refractivity contribution is 7.80. The van der Waals surface area contributed by atoms with Crippen LogP contribution in [0, 0.1) is 6.92 Å². The van der Waals surface area contributed by atoms with Gasteiger partial charge >= 0.3 is 0 Å². The standard InChI is InChI=1S/C10H13ClS/c1-8-4-2-6-10(11)9(8)5-3-7-12/h2,4,6,12H,3,5,7H2,1H3. The number of hydrogen-bond donors (Lipinski definition) is 1. The lowest BCUT2D eigenvalue weighted by Gasteiger charge is -2.06. The van der Waals surface area contributed by atoms with Gasteiger partial charge in [-0.25, -0.2) is 0 Å². The van der Waals surface area contributed by atoms with Crippen molar-refractivity contribution in [2.45, 2.75) is 19.8 Å². The lowest BCUT2D eigenvalue weighted by Crippen LogP contribution is -1.91. The molecule has 0 aliphatic rings. The second kappa shape index (κ2) is 4.78. The predicted molar refractivity (Wildman–Crippen MR) is 58.4 cm³/mol. The Morgan fingerprint density at radius 3 is 2.75 bits per heavy atom. The number of hydrogen-bond acceptors (Lipinski definition) is 1. The smallest absolute Gasteiger partial charge is 0.0440 e. The van der Waals surface area contributed by atoms with Crippen LogP contribution in [0.1, 0.15) is 17.5 Å². The van der Waals surface area contributed by atoms with Gasteiger partial charge in [-0.1, -0.05) is 23.7 Å². The third kappa shape index (κ3) is 2.43. The quantitative estimate of drug-likeness (QED) is 0.710. The van der Waals surface area contributed by atoms with Crippen LogP contribution in [0.3, 0.4) is 0 Å². The SMILES string of the molecule is Cc1cccc(Cl)c1CCCS. The van der Waals surface area contributed by atoms with Gasteiger partial charge in [0, 0.05) is 5.02 Å². The van der Waals surface area contributed by atoms with Gasteiger partial charge in [0.05, 0.1) is 0 Å². The third-order valence-electron chi connectivity index (χ3n) is 1.94. The van der Waals surface area contributed by atoms with E-state index >= 15 is 0 Å². The first-order chi connectivity index (χ1) is 5.75. The molecule has 0 bridgehead atoms. The molecule has 0 amide bonds. The van der Waals surface area contributed by atoms with Gasteiger partial charge in [0.15, 0.2) is 0 Å². The maximum absolute atomic E-state index is 6.04. The molecule has 0 aliphatic carbocycles. The Hall–Kier alpha value is -0.140. The van der Waals surface area contributed by atoms with Crippen LogP contribution in [-0.2, 0) is 6.42 Å². The topological polar surface area (TPSA) is 0 Å². The van der Waals surface area contributed by atoms with Gasteiger partial charge in [0.2, 0.25) is 0 Å². The summed E-state index contributed by atoms with van der Waals surface area (Å²) in [4.78, 5) is 0. The van der Waals surface area contributed by atoms with E-state index in [0.29, 0.717) is 0 Å². The summed E-state index contributed by atoms with van der Waals surface area (Å²) >= 11 is 10.2. The van der Waals surface area contributed by atoms with Crippen molar-refractivity contribution in [1.82, 2.24) is 0 Å². The fourth-order valence-corrected chi connectivity index (χ4v) is 1.71. The molecule has 0 spiro atoms. The average molecular weight is 201 g/mol. The average Bonchev–Trinajstić information content (AvgIpc) is 2.04. The summed E-state index contributed by atoms with van der Waals surface area (Å²) in [6.07, 6.45) is 2.13. The largest absolute Gasteiger partial charge is 0.179 e. The molecule has 0 heterocycles. The Labute approximate surface area is 84.3 Å². The minimum Gasteiger partial charge on any atom is -0.179 e. The number of aryl methyl sites for hydroxylation is 1. The molecule has 1 aromatic carbocycles. The van der Waals surface area contributed by atoms with Gasteiger partial charge < -0.3 is 0 Å². The van der Waals surface area contributed by atoms with Crippen LogP contribution in [0.25, 0.3) is 0 Å². The second-order valence-corrected chi connectivity index (χ2v) is 3.72. The van der Waals surface area contributed by atoms with E-state index < -0.39 is 0 Å². The highest BCUT2D eigenvalue weighted by Crippen LogP contribution is 2.20. The summed E-state index contributed by atoms with van der Waals surface area (Å²) in [5.41, 5.74) is 2.55. The molecule has 12 heavy (non-hydrogen) atoms. The van der Waals surface area contributed by atoms with E-state index in [9.17, 15) is 0 Å². The van der Waals surface area contributed by atoms with Gasteiger partial charge in [-0.2, -0.15) is 12.6 Å². The van der Waals surface area contributed by atoms with Crippen molar-refractivity contribution in [2.24, 2.45) is 0 Å². The van der Waals surface area contributed by atoms with Gasteiger partial charge in [-0.05, 0) is 42.7 Å². The molecule has 0 radical (unpaired) electrons. The molecule has 0 aliphatic heterocycles. The Morgan fingerprint density at radius 2 is 2.17 bits per heavy atom. The van der Waals surface area contributed by atoms with E-state index in [1.165, 1.54) is 11.1 Å². The second-order valence-electron chi connectivity index (χ2n) is 2.86. The zero-order valence-corrected chi connectivity index (χ0v) is 8.83. The lowest BCUT2D eigenvalue weighted by atomic mass is 10.0. The summed E-state index contributed by atoms with van der Waals surface area (Å²) in [5.74, 6) is 0.921. The first-order valence-corrected chi connectivity index (χ1v) is 5.11. The summed E-state index contributed by atoms with van der Waals surface area (Å²) in [5, 5.41) is 0.886. The van der Waals surface area contributed by atoms with Crippen LogP contribution in [0.15, 0.2) is 18.2 Å². The van der Waals surface area contributed by atoms with Crippen molar-refractivity contribution in [1.29, 1.82) is 0 Å². The van der Waals surface area contributed by atoms with Crippen molar-refractivity contribution < 1.29 is 0 Å². The molecule has 66 valence electrons. The fourth-order valence-electron chi connectivity index (χ4n) is 1.24. The summed E-state index contributed by atoms with van der Waals surface area (Å²) in [6.45, 7) is 2.10. The third-order valence-corrected chi connectivity index (χ3v) is 2.61. The summed E-state index contributed by atoms with van der Waals surface area (Å²) in [6, 6.07) is 6.03. The minimum absolute atomic E-state index is 0.886. The first kappa shape index (κ1) is 9.94. The molecule has 0 aromatic heterocycles. The Kier molecular flexibility index (Phi) is 3.96. The zero-order chi connectivity index (χ0) is 8.97. The molecule has 1 aromatic rings. The highest BCUT2D eigenvalue weighted by Gasteiger charge is 2.01. The minimum atomic E-state index is 0.886. The Morgan fingerprint density at radius 1 is 1.42 bits per heavy atom. The highest BCUT2D eigenvalue weighted by atomic mass is 35.5. The lowest BCUT2D eigenvalue weighted by molar-refractivity contribution is 0.926. The van der Waals surface area contributed by atoms with Crippen molar-refractivity contribution >= 4 is 24.2 Å². The number of thiol groups is 1. The molecule has 0 unspecified atom stereocenters. The molecular weight excluding hydrogens is 188 g/mol. The van der Waals surface area contributed by atoms with Crippen LogP contribution in [-0.4, -0.2) is 5.75 Å². The Bertz CT molecular complexity index is 238. The van der Waals surface area contributed by atoms with Crippen LogP contribution < -0.4 is 0 Å². The molecule has 2 heteroatoms. The summed E-state index contributed by atoms with van der Waals surface area (Å²) < 4.78 is 0. The molecule has 0 nitrogen and oxygen atoms in total. The van der Waals surface area contributed by atoms with Gasteiger partial charge in [0.1, 0.15) is 0 Å². The maximum Gasteiger partial charge on any atom is 0.0440 e. The fraction of sp³-hybridized carbons (Fsp3) is 0.400. The molecular formula is C10H13ClS. The maximum atomic E-state index is 6.04. The number of benzene rings is 1. The van der Waals surface area contributed by atoms with Crippen LogP contribution in [0.4, 0.5) is 0 Å². The molecule has 0 saturated heterocycles. The number of halogens is 1. The normalized spacial score (nSPS) is 10.2. The van der Waals surface area contributed by atoms with Gasteiger partial charge in [-0.15, -0.1) is 0 Å². The zero-order valence-electron chi connectivity index (χ0n) is 7.18. The van der Waals surface area contributed by atoms with E-state index in [4.69, 9.17) is 11.6 Å². The van der Waals surface area contributed by atoms with Crippen molar-refractivity contribution in [3.63, 3.8) is 0 Å². The van der Waals surface area contributed by atoms with Crippen molar-refractivity contribution in [2.75, 3.05) is 5.75 Å². The van der Waals surface area contributed by atoms with Gasteiger partial charge in [-0.3, -0.25) is 0 Å². The van der Waals surface area contributed by atoms with E-state index in [2.05, 4.69) is 25.6 Å². The molecule has 1 rings (SSSR count). The molecule has 0 N–H and O–H groups in total. The summed E-state index contributed by atoms with van der Waals surface area (Å²) in [7, 11) is 0. The van der Waals surface area contributed by atoms with Crippen LogP contribution in [0.5, 0.6) is 0 Å². The first-order valence-electron chi connectivity index (χ1n) is 4.10. The van der Waals surface area contributed by atoms with E-state index in [0.717, 1.165) is 23.6 Å². The van der Waals surface area contributed by atoms with Crippen molar-refractivity contribution in [3.05, 3.63) is 34.3 Å².